The Kier molecular flexibility index (Phi) is 40.2. The quantitative estimate of drug-likeness (QED) is 0.0242. The highest BCUT2D eigenvalue weighted by Gasteiger charge is 2.53. The molecule has 19 nitrogen and oxygen atoms in total. The molecule has 0 spiro atoms. The van der Waals surface area contributed by atoms with Gasteiger partial charge in [0.1, 0.15) is 73.2 Å². The molecule has 0 aromatic rings. The molecule has 17 atom stereocenters. The number of aliphatic hydroxyl groups excluding tert-OH is 11. The summed E-state index contributed by atoms with van der Waals surface area (Å²) in [5, 5.41) is 120. The second-order valence-corrected chi connectivity index (χ2v) is 22.5. The van der Waals surface area contributed by atoms with Crippen LogP contribution in [0.15, 0.2) is 36.5 Å². The van der Waals surface area contributed by atoms with Crippen molar-refractivity contribution in [1.82, 2.24) is 5.32 Å². The van der Waals surface area contributed by atoms with Crippen LogP contribution in [-0.4, -0.2) is 193 Å². The van der Waals surface area contributed by atoms with Gasteiger partial charge in [-0.3, -0.25) is 4.79 Å². The van der Waals surface area contributed by atoms with E-state index in [1.165, 1.54) is 141 Å². The van der Waals surface area contributed by atoms with E-state index >= 15 is 0 Å². The van der Waals surface area contributed by atoms with E-state index in [0.717, 1.165) is 38.5 Å². The van der Waals surface area contributed by atoms with Gasteiger partial charge < -0.3 is 89.9 Å². The van der Waals surface area contributed by atoms with Crippen molar-refractivity contribution < 1.29 is 89.4 Å². The van der Waals surface area contributed by atoms with Crippen molar-refractivity contribution in [2.45, 2.75) is 317 Å². The predicted molar refractivity (Wildman–Crippen MR) is 305 cm³/mol. The highest BCUT2D eigenvalue weighted by atomic mass is 16.8. The van der Waals surface area contributed by atoms with Gasteiger partial charge in [0.05, 0.1) is 38.6 Å². The topological polar surface area (TPSA) is 307 Å². The lowest BCUT2D eigenvalue weighted by Gasteiger charge is -2.48. The molecule has 3 fully saturated rings. The first kappa shape index (κ1) is 72.3. The van der Waals surface area contributed by atoms with E-state index in [9.17, 15) is 61.0 Å². The molecule has 3 rings (SSSR count). The smallest absolute Gasteiger partial charge is 0.220 e. The lowest BCUT2D eigenvalue weighted by Crippen LogP contribution is -2.66. The number of nitrogens with one attached hydrogen (secondary N) is 1. The van der Waals surface area contributed by atoms with Gasteiger partial charge in [-0.05, 0) is 57.8 Å². The van der Waals surface area contributed by atoms with Crippen molar-refractivity contribution in [2.75, 3.05) is 26.4 Å². The van der Waals surface area contributed by atoms with Crippen LogP contribution in [-0.2, 0) is 33.2 Å². The lowest BCUT2D eigenvalue weighted by molar-refractivity contribution is -0.379. The summed E-state index contributed by atoms with van der Waals surface area (Å²) in [6, 6.07) is -0.987. The molecule has 3 aliphatic heterocycles. The third-order valence-electron chi connectivity index (χ3n) is 15.7. The van der Waals surface area contributed by atoms with Crippen LogP contribution in [0.25, 0.3) is 0 Å². The zero-order valence-corrected chi connectivity index (χ0v) is 48.8. The van der Waals surface area contributed by atoms with Crippen LogP contribution in [0, 0.1) is 0 Å². The minimum Gasteiger partial charge on any atom is -0.394 e. The fourth-order valence-electron chi connectivity index (χ4n) is 10.5. The van der Waals surface area contributed by atoms with Crippen LogP contribution in [0.3, 0.4) is 0 Å². The monoisotopic (exact) mass is 1150 g/mol. The standard InChI is InChI=1S/C61H111NO18/c1-3-5-7-9-11-13-15-16-17-18-19-20-21-22-23-24-25-26-27-28-29-31-33-35-37-39-49(67)62-44(45(66)38-36-34-32-30-14-12-10-8-6-4-2)43-75-59-55(73)52(70)57(47(41-64)77-59)80-61-56(74)53(71)58(48(42-65)78-61)79-60-54(72)51(69)50(68)46(40-63)76-60/h14,18-19,30,36,38,44-48,50-61,63-66,68-74H,3-13,15-17,20-29,31-35,37,39-43H2,1-2H3,(H,62,67)/b19-18-,30-14+,38-36+. The van der Waals surface area contributed by atoms with Crippen LogP contribution in [0.5, 0.6) is 0 Å². The number of rotatable bonds is 46. The zero-order valence-electron chi connectivity index (χ0n) is 48.8. The third kappa shape index (κ3) is 27.8. The maximum Gasteiger partial charge on any atom is 0.220 e. The summed E-state index contributed by atoms with van der Waals surface area (Å²) >= 11 is 0. The molecule has 19 heteroatoms. The summed E-state index contributed by atoms with van der Waals surface area (Å²) < 4.78 is 34.2. The summed E-state index contributed by atoms with van der Waals surface area (Å²) in [6.45, 7) is 1.66. The fourth-order valence-corrected chi connectivity index (χ4v) is 10.5. The second-order valence-electron chi connectivity index (χ2n) is 22.5. The average Bonchev–Trinajstić information content (AvgIpc) is 3.45. The second kappa shape index (κ2) is 44.5. The molecule has 3 saturated heterocycles. The van der Waals surface area contributed by atoms with Gasteiger partial charge in [0.25, 0.3) is 0 Å². The van der Waals surface area contributed by atoms with Gasteiger partial charge in [0.15, 0.2) is 18.9 Å². The molecule has 0 aliphatic carbocycles. The SMILES string of the molecule is CCCCCC/C=C/CC/C=C/C(O)C(COC1OC(CO)C(OC2OC(CO)C(OC3OC(CO)C(O)C(O)C3O)C(O)C2O)C(O)C1O)NC(=O)CCCCCCCCCCCCCCC/C=C\CCCCCCCCCC. The van der Waals surface area contributed by atoms with E-state index < -0.39 is 124 Å². The van der Waals surface area contributed by atoms with E-state index in [2.05, 4.69) is 43.5 Å². The van der Waals surface area contributed by atoms with Crippen molar-refractivity contribution in [2.24, 2.45) is 0 Å². The van der Waals surface area contributed by atoms with Crippen LogP contribution in [0.1, 0.15) is 213 Å². The Labute approximate surface area is 479 Å². The molecule has 3 heterocycles. The van der Waals surface area contributed by atoms with E-state index in [1.54, 1.807) is 6.08 Å². The molecule has 0 radical (unpaired) electrons. The van der Waals surface area contributed by atoms with E-state index in [0.29, 0.717) is 12.8 Å². The first-order valence-electron chi connectivity index (χ1n) is 31.2. The van der Waals surface area contributed by atoms with Gasteiger partial charge in [-0.2, -0.15) is 0 Å². The number of ether oxygens (including phenoxy) is 6. The van der Waals surface area contributed by atoms with Gasteiger partial charge in [0.2, 0.25) is 5.91 Å². The highest BCUT2D eigenvalue weighted by molar-refractivity contribution is 5.76. The number of hydrogen-bond acceptors (Lipinski definition) is 18. The average molecular weight is 1150 g/mol. The molecule has 3 aliphatic rings. The third-order valence-corrected chi connectivity index (χ3v) is 15.7. The number of unbranched alkanes of at least 4 members (excludes halogenated alkanes) is 26. The molecule has 0 saturated carbocycles. The van der Waals surface area contributed by atoms with Crippen LogP contribution in [0.4, 0.5) is 0 Å². The maximum atomic E-state index is 13.3. The van der Waals surface area contributed by atoms with Crippen molar-refractivity contribution in [3.8, 4) is 0 Å². The molecular weight excluding hydrogens is 1030 g/mol. The first-order valence-corrected chi connectivity index (χ1v) is 31.2. The molecule has 12 N–H and O–H groups in total. The lowest BCUT2D eigenvalue weighted by atomic mass is 9.96. The number of amides is 1. The van der Waals surface area contributed by atoms with Gasteiger partial charge in [-0.1, -0.05) is 185 Å². The summed E-state index contributed by atoms with van der Waals surface area (Å²) in [5.74, 6) is -0.287. The van der Waals surface area contributed by atoms with Gasteiger partial charge in [-0.25, -0.2) is 0 Å². The van der Waals surface area contributed by atoms with Crippen molar-refractivity contribution in [1.29, 1.82) is 0 Å². The summed E-state index contributed by atoms with van der Waals surface area (Å²) in [7, 11) is 0. The fraction of sp³-hybridized carbons (Fsp3) is 0.885. The number of carbonyl (C=O) groups is 1. The normalized spacial score (nSPS) is 30.2. The van der Waals surface area contributed by atoms with Gasteiger partial charge >= 0.3 is 0 Å². The van der Waals surface area contributed by atoms with Crippen molar-refractivity contribution in [3.05, 3.63) is 36.5 Å². The molecule has 0 aromatic heterocycles. The molecule has 1 amide bonds. The number of allylic oxidation sites excluding steroid dienone is 5. The van der Waals surface area contributed by atoms with Crippen LogP contribution in [0.2, 0.25) is 0 Å². The molecule has 0 aromatic carbocycles. The Morgan fingerprint density at radius 1 is 0.438 bits per heavy atom. The van der Waals surface area contributed by atoms with Crippen molar-refractivity contribution in [3.63, 3.8) is 0 Å². The largest absolute Gasteiger partial charge is 0.394 e. The Morgan fingerprint density at radius 2 is 0.800 bits per heavy atom. The first-order chi connectivity index (χ1) is 38.8. The van der Waals surface area contributed by atoms with Gasteiger partial charge in [0, 0.05) is 6.42 Å². The van der Waals surface area contributed by atoms with E-state index in [1.807, 2.05) is 6.08 Å². The predicted octanol–water partition coefficient (Wildman–Crippen LogP) is 6.10. The number of aliphatic hydroxyl groups is 11. The molecular formula is C61H111NO18. The maximum absolute atomic E-state index is 13.3. The highest BCUT2D eigenvalue weighted by Crippen LogP contribution is 2.33. The van der Waals surface area contributed by atoms with Crippen molar-refractivity contribution >= 4 is 5.91 Å². The molecule has 80 heavy (non-hydrogen) atoms. The summed E-state index contributed by atoms with van der Waals surface area (Å²) in [6.07, 6.45) is 21.6. The summed E-state index contributed by atoms with van der Waals surface area (Å²) in [4.78, 5) is 13.3. The summed E-state index contributed by atoms with van der Waals surface area (Å²) in [5.41, 5.74) is 0. The zero-order chi connectivity index (χ0) is 58.3. The minimum absolute atomic E-state index is 0.236. The van der Waals surface area contributed by atoms with Gasteiger partial charge in [-0.15, -0.1) is 0 Å². The molecule has 0 bridgehead atoms. The minimum atomic E-state index is -1.98. The van der Waals surface area contributed by atoms with E-state index in [4.69, 9.17) is 28.4 Å². The molecule has 468 valence electrons. The number of carbonyl (C=O) groups excluding carboxylic acids is 1. The van der Waals surface area contributed by atoms with E-state index in [-0.39, 0.29) is 18.9 Å². The molecule has 17 unspecified atom stereocenters. The Bertz CT molecular complexity index is 1600. The Hall–Kier alpha value is -1.99. The van der Waals surface area contributed by atoms with Crippen LogP contribution < -0.4 is 5.32 Å². The van der Waals surface area contributed by atoms with Crippen LogP contribution >= 0.6 is 0 Å². The Morgan fingerprint density at radius 3 is 1.26 bits per heavy atom. The Balaban J connectivity index is 1.42. The number of hydrogen-bond donors (Lipinski definition) is 12.